The van der Waals surface area contributed by atoms with Crippen molar-refractivity contribution >= 4 is 98.2 Å². The molecule has 82 heavy (non-hydrogen) atoms. The van der Waals surface area contributed by atoms with Crippen LogP contribution in [0.2, 0.25) is 0 Å². The van der Waals surface area contributed by atoms with Crippen LogP contribution >= 0.6 is 0 Å². The Morgan fingerprint density at radius 3 is 0.854 bits per heavy atom. The summed E-state index contributed by atoms with van der Waals surface area (Å²) < 4.78 is 103. The number of pyridine rings is 2. The van der Waals surface area contributed by atoms with Gasteiger partial charge >= 0.3 is 59.1 Å². The Hall–Kier alpha value is -8.10. The summed E-state index contributed by atoms with van der Waals surface area (Å²) in [5, 5.41) is 14.2. The molecule has 0 unspecified atom stereocenters. The second-order valence-corrected chi connectivity index (χ2v) is 21.2. The van der Waals surface area contributed by atoms with Crippen LogP contribution in [0.3, 0.4) is 0 Å². The van der Waals surface area contributed by atoms with Gasteiger partial charge in [0, 0.05) is 47.0 Å². The molecule has 2 aromatic heterocycles. The fourth-order valence-corrected chi connectivity index (χ4v) is 10.6. The molecule has 0 bridgehead atoms. The van der Waals surface area contributed by atoms with Crippen molar-refractivity contribution in [2.45, 2.75) is 9.79 Å². The average Bonchev–Trinajstić information content (AvgIpc) is 3.46. The summed E-state index contributed by atoms with van der Waals surface area (Å²) in [5.74, 6) is 2.60. The maximum absolute atomic E-state index is 12.9. The molecule has 18 heteroatoms. The van der Waals surface area contributed by atoms with Crippen LogP contribution in [-0.2, 0) is 20.2 Å². The van der Waals surface area contributed by atoms with E-state index in [0.717, 1.165) is 55.2 Å². The first kappa shape index (κ1) is 57.1. The Kier molecular flexibility index (Phi) is 17.1. The SMILES string of the molecule is O=S(=O)([O-])c1cc(Nc2cc(Oc3ccc4ccccc4c3)nc(Oc3ccc4ccccc4c3)c2)ccc1C=Cc1ccc(Nc2cc(Oc3ccc4ccccc4c3)nc(Oc3ccc4ccccc4c3)c2)cc1S(=O)(=O)[O-].[Na+].[Na+]. The van der Waals surface area contributed by atoms with Crippen molar-refractivity contribution in [3.05, 3.63) is 242 Å². The zero-order valence-corrected chi connectivity index (χ0v) is 49.5. The molecule has 2 N–H and O–H groups in total. The number of ether oxygens (including phenoxy) is 4. The summed E-state index contributed by atoms with van der Waals surface area (Å²) >= 11 is 0. The molecule has 2 heterocycles. The van der Waals surface area contributed by atoms with Crippen molar-refractivity contribution < 1.29 is 104 Å². The third kappa shape index (κ3) is 13.6. The van der Waals surface area contributed by atoms with Gasteiger partial charge in [0.1, 0.15) is 43.2 Å². The molecule has 0 saturated heterocycles. The van der Waals surface area contributed by atoms with Gasteiger partial charge in [0.25, 0.3) is 0 Å². The molecule has 0 aliphatic rings. The van der Waals surface area contributed by atoms with E-state index < -0.39 is 30.0 Å². The standard InChI is InChI=1S/C64H44N4O10S2.2Na/c69-79(70,71)59-35-51(65-53-37-61(75-55-27-21-41-9-1-5-13-47(41)31-55)67-62(38-53)76-56-28-22-42-10-2-6-14-48(42)32-56)25-19-45(59)17-18-46-20-26-52(36-60(46)80(72,73)74)66-54-39-63(77-57-29-23-43-11-3-7-15-49(43)33-57)68-64(40-54)78-58-30-24-44-12-4-8-16-50(44)34-58;;/h1-40H,(H,65,67)(H,66,68)(H,69,70,71)(H,72,73,74);;/q;2*+1/p-2. The summed E-state index contributed by atoms with van der Waals surface area (Å²) in [6.45, 7) is 0. The normalized spacial score (nSPS) is 11.5. The van der Waals surface area contributed by atoms with Gasteiger partial charge in [-0.3, -0.25) is 0 Å². The number of benzene rings is 10. The molecule has 0 radical (unpaired) electrons. The molecule has 392 valence electrons. The largest absolute Gasteiger partial charge is 1.00 e. The molecular formula is C64H42N4Na2O10S2. The molecule has 0 spiro atoms. The monoisotopic (exact) mass is 1140 g/mol. The van der Waals surface area contributed by atoms with Crippen LogP contribution in [0.25, 0.3) is 55.2 Å². The Balaban J connectivity index is 0.00000376. The van der Waals surface area contributed by atoms with E-state index in [1.54, 1.807) is 24.3 Å². The molecule has 10 aromatic carbocycles. The molecule has 0 amide bonds. The first-order valence-corrected chi connectivity index (χ1v) is 27.7. The minimum Gasteiger partial charge on any atom is -0.744 e. The molecule has 0 atom stereocenters. The van der Waals surface area contributed by atoms with Gasteiger partial charge in [-0.1, -0.05) is 146 Å². The first-order valence-electron chi connectivity index (χ1n) is 24.9. The zero-order valence-electron chi connectivity index (χ0n) is 43.9. The fourth-order valence-electron chi connectivity index (χ4n) is 9.17. The first-order chi connectivity index (χ1) is 38.8. The van der Waals surface area contributed by atoms with Gasteiger partial charge in [-0.25, -0.2) is 16.8 Å². The van der Waals surface area contributed by atoms with E-state index in [4.69, 9.17) is 18.9 Å². The second kappa shape index (κ2) is 24.5. The summed E-state index contributed by atoms with van der Waals surface area (Å²) in [5.41, 5.74) is 0.984. The molecule has 0 aliphatic heterocycles. The Bertz CT molecular complexity index is 4170. The van der Waals surface area contributed by atoms with Gasteiger partial charge in [-0.15, -0.1) is 0 Å². The zero-order chi connectivity index (χ0) is 54.8. The molecule has 12 aromatic rings. The van der Waals surface area contributed by atoms with E-state index in [0.29, 0.717) is 34.4 Å². The Morgan fingerprint density at radius 1 is 0.317 bits per heavy atom. The summed E-state index contributed by atoms with van der Waals surface area (Å²) in [7, 11) is -10.3. The van der Waals surface area contributed by atoms with Gasteiger partial charge in [-0.05, 0) is 127 Å². The second-order valence-electron chi connectivity index (χ2n) is 18.5. The van der Waals surface area contributed by atoms with Crippen LogP contribution in [0.5, 0.6) is 46.5 Å². The van der Waals surface area contributed by atoms with Gasteiger partial charge in [0.15, 0.2) is 0 Å². The van der Waals surface area contributed by atoms with Crippen molar-refractivity contribution in [2.75, 3.05) is 10.6 Å². The van der Waals surface area contributed by atoms with Crippen molar-refractivity contribution in [1.82, 2.24) is 9.97 Å². The smallest absolute Gasteiger partial charge is 0.744 e. The van der Waals surface area contributed by atoms with E-state index in [9.17, 15) is 25.9 Å². The maximum Gasteiger partial charge on any atom is 1.00 e. The fraction of sp³-hybridized carbons (Fsp3) is 0. The molecule has 0 fully saturated rings. The third-order valence-electron chi connectivity index (χ3n) is 12.9. The van der Waals surface area contributed by atoms with Crippen LogP contribution < -0.4 is 88.7 Å². The van der Waals surface area contributed by atoms with Crippen LogP contribution in [0.4, 0.5) is 22.7 Å². The van der Waals surface area contributed by atoms with Crippen LogP contribution in [0.1, 0.15) is 11.1 Å². The number of hydrogen-bond acceptors (Lipinski definition) is 14. The summed E-state index contributed by atoms with van der Waals surface area (Å²) in [6.07, 6.45) is 2.50. The maximum atomic E-state index is 12.9. The number of fused-ring (bicyclic) bond motifs is 4. The van der Waals surface area contributed by atoms with E-state index >= 15 is 0 Å². The van der Waals surface area contributed by atoms with Crippen LogP contribution in [-0.4, -0.2) is 35.9 Å². The topological polar surface area (TPSA) is 201 Å². The quantitative estimate of drug-likeness (QED) is 0.0526. The average molecular weight is 1140 g/mol. The van der Waals surface area contributed by atoms with Gasteiger partial charge in [0.05, 0.1) is 9.79 Å². The minimum absolute atomic E-state index is 0. The number of nitrogens with one attached hydrogen (secondary N) is 2. The van der Waals surface area contributed by atoms with E-state index in [2.05, 4.69) is 20.6 Å². The molecule has 12 rings (SSSR count). The van der Waals surface area contributed by atoms with Crippen LogP contribution in [0, 0.1) is 0 Å². The van der Waals surface area contributed by atoms with Crippen molar-refractivity contribution in [1.29, 1.82) is 0 Å². The van der Waals surface area contributed by atoms with E-state index in [1.807, 2.05) is 170 Å². The number of hydrogen-bond donors (Lipinski definition) is 2. The molecular weight excluding hydrogens is 1090 g/mol. The molecule has 0 aliphatic carbocycles. The predicted molar refractivity (Wildman–Crippen MR) is 309 cm³/mol. The van der Waals surface area contributed by atoms with Gasteiger partial charge < -0.3 is 38.7 Å². The summed E-state index contributed by atoms with van der Waals surface area (Å²) in [6, 6.07) is 68.3. The Morgan fingerprint density at radius 2 is 0.585 bits per heavy atom. The predicted octanol–water partition coefficient (Wildman–Crippen LogP) is 9.73. The van der Waals surface area contributed by atoms with E-state index in [1.165, 1.54) is 36.4 Å². The number of anilines is 4. The number of nitrogens with zero attached hydrogens (tertiary/aromatic N) is 2. The summed E-state index contributed by atoms with van der Waals surface area (Å²) in [4.78, 5) is 8.01. The Labute approximate surface area is 516 Å². The van der Waals surface area contributed by atoms with Gasteiger partial charge in [0.2, 0.25) is 23.5 Å². The van der Waals surface area contributed by atoms with Crippen molar-refractivity contribution in [2.24, 2.45) is 0 Å². The number of rotatable bonds is 16. The van der Waals surface area contributed by atoms with Crippen LogP contribution in [0.15, 0.2) is 240 Å². The van der Waals surface area contributed by atoms with Gasteiger partial charge in [-0.2, -0.15) is 9.97 Å². The number of aromatic nitrogens is 2. The van der Waals surface area contributed by atoms with E-state index in [-0.39, 0.29) is 105 Å². The third-order valence-corrected chi connectivity index (χ3v) is 14.7. The molecule has 0 saturated carbocycles. The molecule has 14 nitrogen and oxygen atoms in total. The minimum atomic E-state index is -5.15. The van der Waals surface area contributed by atoms with Crippen molar-refractivity contribution in [3.8, 4) is 46.5 Å². The van der Waals surface area contributed by atoms with Crippen molar-refractivity contribution in [3.63, 3.8) is 0 Å².